The molecular weight excluding hydrogens is 256 g/mol. The Kier molecular flexibility index (Phi) is 1.73. The second kappa shape index (κ2) is 2.97. The molecule has 0 saturated heterocycles. The van der Waals surface area contributed by atoms with Crippen molar-refractivity contribution in [2.75, 3.05) is 0 Å². The van der Waals surface area contributed by atoms with Gasteiger partial charge < -0.3 is 10.1 Å². The monoisotopic (exact) mass is 262 g/mol. The van der Waals surface area contributed by atoms with Crippen LogP contribution in [-0.4, -0.2) is 15.1 Å². The Labute approximate surface area is 93.9 Å². The highest BCUT2D eigenvalue weighted by Gasteiger charge is 2.07. The van der Waals surface area contributed by atoms with E-state index in [1.54, 1.807) is 12.3 Å². The van der Waals surface area contributed by atoms with Crippen molar-refractivity contribution in [1.29, 1.82) is 0 Å². The first-order valence-corrected chi connectivity index (χ1v) is 5.30. The summed E-state index contributed by atoms with van der Waals surface area (Å²) in [6, 6.07) is 7.41. The standard InChI is InChI=1S/C11H7BrN2O/c12-7-5-9-6(4-10(7)15)11-8(14-9)2-1-3-13-11/h1-5,14-15H. The van der Waals surface area contributed by atoms with Gasteiger partial charge in [0.05, 0.1) is 15.5 Å². The van der Waals surface area contributed by atoms with E-state index >= 15 is 0 Å². The molecular formula is C11H7BrN2O. The number of hydrogen-bond acceptors (Lipinski definition) is 2. The summed E-state index contributed by atoms with van der Waals surface area (Å²) in [6.45, 7) is 0. The summed E-state index contributed by atoms with van der Waals surface area (Å²) in [5.74, 6) is 0.231. The number of nitrogens with zero attached hydrogens (tertiary/aromatic N) is 1. The number of fused-ring (bicyclic) bond motifs is 3. The molecule has 4 heteroatoms. The van der Waals surface area contributed by atoms with Crippen molar-refractivity contribution in [2.45, 2.75) is 0 Å². The minimum atomic E-state index is 0.231. The summed E-state index contributed by atoms with van der Waals surface area (Å²) in [5, 5.41) is 10.5. The molecule has 0 radical (unpaired) electrons. The van der Waals surface area contributed by atoms with Gasteiger partial charge in [-0.2, -0.15) is 0 Å². The molecule has 15 heavy (non-hydrogen) atoms. The van der Waals surface area contributed by atoms with Crippen LogP contribution in [0.1, 0.15) is 0 Å². The lowest BCUT2D eigenvalue weighted by atomic mass is 10.2. The number of aromatic hydroxyl groups is 1. The highest BCUT2D eigenvalue weighted by molar-refractivity contribution is 9.10. The molecule has 3 aromatic rings. The molecule has 3 rings (SSSR count). The number of benzene rings is 1. The van der Waals surface area contributed by atoms with Crippen LogP contribution in [0.2, 0.25) is 0 Å². The molecule has 0 bridgehead atoms. The number of pyridine rings is 1. The van der Waals surface area contributed by atoms with Gasteiger partial charge in [0.2, 0.25) is 0 Å². The summed E-state index contributed by atoms with van der Waals surface area (Å²) in [7, 11) is 0. The number of nitrogens with one attached hydrogen (secondary N) is 1. The van der Waals surface area contributed by atoms with Crippen molar-refractivity contribution in [3.63, 3.8) is 0 Å². The zero-order valence-electron chi connectivity index (χ0n) is 7.66. The van der Waals surface area contributed by atoms with Gasteiger partial charge in [0.1, 0.15) is 5.75 Å². The second-order valence-electron chi connectivity index (χ2n) is 3.37. The third-order valence-electron chi connectivity index (χ3n) is 2.42. The van der Waals surface area contributed by atoms with Crippen LogP contribution in [0, 0.1) is 0 Å². The molecule has 0 fully saturated rings. The average molecular weight is 263 g/mol. The maximum Gasteiger partial charge on any atom is 0.130 e. The zero-order valence-corrected chi connectivity index (χ0v) is 9.25. The van der Waals surface area contributed by atoms with Crippen LogP contribution in [0.25, 0.3) is 21.9 Å². The predicted octanol–water partition coefficient (Wildman–Crippen LogP) is 3.18. The molecule has 0 aliphatic rings. The first-order valence-electron chi connectivity index (χ1n) is 4.50. The molecule has 0 aliphatic carbocycles. The van der Waals surface area contributed by atoms with Gasteiger partial charge in [-0.1, -0.05) is 0 Å². The van der Waals surface area contributed by atoms with E-state index in [4.69, 9.17) is 0 Å². The summed E-state index contributed by atoms with van der Waals surface area (Å²) < 4.78 is 0.682. The molecule has 74 valence electrons. The fraction of sp³-hybridized carbons (Fsp3) is 0. The minimum absolute atomic E-state index is 0.231. The van der Waals surface area contributed by atoms with E-state index in [2.05, 4.69) is 25.9 Å². The Hall–Kier alpha value is -1.55. The lowest BCUT2D eigenvalue weighted by molar-refractivity contribution is 0.473. The Morgan fingerprint density at radius 1 is 1.27 bits per heavy atom. The van der Waals surface area contributed by atoms with Crippen LogP contribution >= 0.6 is 15.9 Å². The van der Waals surface area contributed by atoms with E-state index in [-0.39, 0.29) is 5.75 Å². The van der Waals surface area contributed by atoms with E-state index in [1.165, 1.54) is 0 Å². The maximum absolute atomic E-state index is 9.61. The number of hydrogen-bond donors (Lipinski definition) is 2. The third-order valence-corrected chi connectivity index (χ3v) is 3.05. The summed E-state index contributed by atoms with van der Waals surface area (Å²) in [4.78, 5) is 7.52. The lowest BCUT2D eigenvalue weighted by Crippen LogP contribution is -1.72. The normalized spacial score (nSPS) is 11.3. The molecule has 2 aromatic heterocycles. The predicted molar refractivity (Wildman–Crippen MR) is 63.0 cm³/mol. The van der Waals surface area contributed by atoms with Gasteiger partial charge in [-0.15, -0.1) is 0 Å². The average Bonchev–Trinajstić information content (AvgIpc) is 2.57. The van der Waals surface area contributed by atoms with Gasteiger partial charge in [0, 0.05) is 17.1 Å². The molecule has 0 unspecified atom stereocenters. The Bertz CT molecular complexity index is 660. The number of H-pyrrole nitrogens is 1. The summed E-state index contributed by atoms with van der Waals surface area (Å²) in [6.07, 6.45) is 1.74. The van der Waals surface area contributed by atoms with Crippen LogP contribution in [0.4, 0.5) is 0 Å². The number of phenols is 1. The summed E-state index contributed by atoms with van der Waals surface area (Å²) >= 11 is 3.28. The molecule has 3 nitrogen and oxygen atoms in total. The van der Waals surface area contributed by atoms with E-state index in [0.29, 0.717) is 4.47 Å². The minimum Gasteiger partial charge on any atom is -0.507 e. The molecule has 0 aliphatic heterocycles. The molecule has 2 heterocycles. The lowest BCUT2D eigenvalue weighted by Gasteiger charge is -1.96. The van der Waals surface area contributed by atoms with Crippen LogP contribution < -0.4 is 0 Å². The molecule has 1 aromatic carbocycles. The zero-order chi connectivity index (χ0) is 10.4. The van der Waals surface area contributed by atoms with E-state index in [9.17, 15) is 5.11 Å². The van der Waals surface area contributed by atoms with Crippen LogP contribution in [0.3, 0.4) is 0 Å². The first kappa shape index (κ1) is 8.73. The van der Waals surface area contributed by atoms with Crippen molar-refractivity contribution in [3.05, 3.63) is 34.9 Å². The van der Waals surface area contributed by atoms with E-state index in [1.807, 2.05) is 18.2 Å². The number of aromatic amines is 1. The van der Waals surface area contributed by atoms with Gasteiger partial charge in [0.15, 0.2) is 0 Å². The van der Waals surface area contributed by atoms with Crippen molar-refractivity contribution < 1.29 is 5.11 Å². The Morgan fingerprint density at radius 3 is 3.00 bits per heavy atom. The van der Waals surface area contributed by atoms with E-state index < -0.39 is 0 Å². The third kappa shape index (κ3) is 1.22. The maximum atomic E-state index is 9.61. The van der Waals surface area contributed by atoms with Gasteiger partial charge in [-0.25, -0.2) is 0 Å². The van der Waals surface area contributed by atoms with Crippen molar-refractivity contribution in [3.8, 4) is 5.75 Å². The van der Waals surface area contributed by atoms with Crippen molar-refractivity contribution in [2.24, 2.45) is 0 Å². The van der Waals surface area contributed by atoms with Crippen LogP contribution in [0.15, 0.2) is 34.9 Å². The quantitative estimate of drug-likeness (QED) is 0.654. The van der Waals surface area contributed by atoms with Gasteiger partial charge >= 0.3 is 0 Å². The molecule has 0 spiro atoms. The first-order chi connectivity index (χ1) is 7.25. The smallest absolute Gasteiger partial charge is 0.130 e. The van der Waals surface area contributed by atoms with Crippen LogP contribution in [-0.2, 0) is 0 Å². The largest absolute Gasteiger partial charge is 0.507 e. The Morgan fingerprint density at radius 2 is 2.13 bits per heavy atom. The van der Waals surface area contributed by atoms with E-state index in [0.717, 1.165) is 21.9 Å². The number of halogens is 1. The fourth-order valence-corrected chi connectivity index (χ4v) is 2.07. The van der Waals surface area contributed by atoms with Gasteiger partial charge in [0.25, 0.3) is 0 Å². The Balaban J connectivity index is 2.56. The van der Waals surface area contributed by atoms with Gasteiger partial charge in [-0.05, 0) is 40.2 Å². The SMILES string of the molecule is Oc1cc2c(cc1Br)[nH]c1cccnc12. The molecule has 2 N–H and O–H groups in total. The topological polar surface area (TPSA) is 48.9 Å². The van der Waals surface area contributed by atoms with Crippen LogP contribution in [0.5, 0.6) is 5.75 Å². The van der Waals surface area contributed by atoms with Crippen molar-refractivity contribution in [1.82, 2.24) is 9.97 Å². The van der Waals surface area contributed by atoms with Gasteiger partial charge in [-0.3, -0.25) is 4.98 Å². The highest BCUT2D eigenvalue weighted by Crippen LogP contribution is 2.32. The highest BCUT2D eigenvalue weighted by atomic mass is 79.9. The molecule has 0 saturated carbocycles. The second-order valence-corrected chi connectivity index (χ2v) is 4.23. The summed E-state index contributed by atoms with van der Waals surface area (Å²) in [5.41, 5.74) is 2.83. The fourth-order valence-electron chi connectivity index (χ4n) is 1.73. The number of aromatic nitrogens is 2. The number of rotatable bonds is 0. The van der Waals surface area contributed by atoms with Crippen molar-refractivity contribution >= 4 is 37.9 Å². The molecule has 0 atom stereocenters. The molecule has 0 amide bonds. The number of phenolic OH excluding ortho intramolecular Hbond substituents is 1.